The summed E-state index contributed by atoms with van der Waals surface area (Å²) in [6.45, 7) is 19.6. The number of sulfonamides is 2. The monoisotopic (exact) mass is 1110 g/mol. The molecule has 23 heteroatoms. The zero-order valence-electron chi connectivity index (χ0n) is 36.6. The summed E-state index contributed by atoms with van der Waals surface area (Å²) in [5.74, 6) is 0. The van der Waals surface area contributed by atoms with E-state index in [-0.39, 0.29) is 31.7 Å². The number of aliphatic hydroxyl groups is 1. The van der Waals surface area contributed by atoms with Crippen LogP contribution < -0.4 is 0 Å². The third kappa shape index (κ3) is 16.5. The number of aliphatic hydroxyl groups excluding tert-OH is 1. The second-order valence-corrected chi connectivity index (χ2v) is 34.7. The molecule has 2 aromatic carbocycles. The molecule has 0 amide bonds. The van der Waals surface area contributed by atoms with Crippen LogP contribution in [0.3, 0.4) is 0 Å². The average molecular weight is 1110 g/mol. The highest BCUT2D eigenvalue weighted by Crippen LogP contribution is 2.34. The molecule has 0 spiro atoms. The minimum Gasteiger partial charge on any atom is -0.383 e. The molecule has 1 unspecified atom stereocenters. The van der Waals surface area contributed by atoms with Gasteiger partial charge in [-0.2, -0.15) is 10.2 Å². The molecule has 4 aromatic rings. The van der Waals surface area contributed by atoms with E-state index in [1.807, 2.05) is 6.92 Å². The average Bonchev–Trinajstić information content (AvgIpc) is 3.57. The second-order valence-electron chi connectivity index (χ2n) is 16.7. The Hall–Kier alpha value is -1.45. The highest BCUT2D eigenvalue weighted by molar-refractivity contribution is 14.1. The predicted molar refractivity (Wildman–Crippen MR) is 259 cm³/mol. The summed E-state index contributed by atoms with van der Waals surface area (Å²) in [5, 5.41) is 20.6. The molecular formula is C38H57Cl4IN6O8S2Si2. The Morgan fingerprint density at radius 1 is 0.738 bits per heavy atom. The van der Waals surface area contributed by atoms with Crippen LogP contribution in [-0.2, 0) is 43.0 Å². The van der Waals surface area contributed by atoms with Gasteiger partial charge < -0.3 is 14.6 Å². The zero-order chi connectivity index (χ0) is 46.8. The summed E-state index contributed by atoms with van der Waals surface area (Å²) >= 11 is 26.7. The summed E-state index contributed by atoms with van der Waals surface area (Å²) in [5.41, 5.74) is 2.71. The molecule has 61 heavy (non-hydrogen) atoms. The van der Waals surface area contributed by atoms with Crippen LogP contribution in [-0.4, -0.2) is 114 Å². The Labute approximate surface area is 397 Å². The summed E-state index contributed by atoms with van der Waals surface area (Å²) in [7, 11) is -3.74. The summed E-state index contributed by atoms with van der Waals surface area (Å²) in [4.78, 5) is 10.4. The number of aromatic nitrogens is 4. The largest absolute Gasteiger partial charge is 0.383 e. The van der Waals surface area contributed by atoms with Crippen molar-refractivity contribution in [3.63, 3.8) is 0 Å². The first-order chi connectivity index (χ1) is 28.0. The Morgan fingerprint density at radius 3 is 1.54 bits per heavy atom. The predicted octanol–water partition coefficient (Wildman–Crippen LogP) is 9.31. The number of hydrogen-bond acceptors (Lipinski definition) is 10. The Balaban J connectivity index is 0.000000348. The highest BCUT2D eigenvalue weighted by atomic mass is 127. The van der Waals surface area contributed by atoms with Gasteiger partial charge in [-0.1, -0.05) is 97.8 Å². The third-order valence-corrected chi connectivity index (χ3v) is 19.1. The van der Waals surface area contributed by atoms with E-state index in [2.05, 4.69) is 72.1 Å². The van der Waals surface area contributed by atoms with Crippen LogP contribution in [0.1, 0.15) is 39.0 Å². The van der Waals surface area contributed by atoms with Crippen molar-refractivity contribution < 1.29 is 36.2 Å². The Bertz CT molecular complexity index is 2340. The van der Waals surface area contributed by atoms with Crippen molar-refractivity contribution in [2.45, 2.75) is 94.6 Å². The van der Waals surface area contributed by atoms with Gasteiger partial charge in [0.15, 0.2) is 0 Å². The quantitative estimate of drug-likeness (QED) is 0.0466. The lowest BCUT2D eigenvalue weighted by Gasteiger charge is -2.16. The minimum atomic E-state index is -3.69. The van der Waals surface area contributed by atoms with Crippen molar-refractivity contribution in [2.75, 3.05) is 41.4 Å². The maximum atomic E-state index is 12.3. The van der Waals surface area contributed by atoms with Crippen molar-refractivity contribution >= 4 is 111 Å². The lowest BCUT2D eigenvalue weighted by atomic mass is 10.0. The third-order valence-electron chi connectivity index (χ3n) is 8.68. The van der Waals surface area contributed by atoms with Crippen LogP contribution in [0, 0.1) is 17.4 Å². The van der Waals surface area contributed by atoms with Crippen molar-refractivity contribution in [3.05, 3.63) is 88.4 Å². The number of carbonyl (C=O) groups excluding carboxylic acids is 1. The smallest absolute Gasteiger partial charge is 0.244 e. The van der Waals surface area contributed by atoms with Gasteiger partial charge in [0.25, 0.3) is 0 Å². The SMILES string of the molecule is CN(C)S(=O)(=O)c1ccc(C=O)cc1Cl.Cc1nn(COCC[Si](C)(C)C)c(Cl)c1C(O)c1ccc(S(=O)(=O)N(C)C)c(Cl)c1.Cc1nn(COCC[Si](C)(C)C)c(Cl)c1I. The van der Waals surface area contributed by atoms with Gasteiger partial charge in [-0.25, -0.2) is 34.8 Å². The van der Waals surface area contributed by atoms with Gasteiger partial charge in [-0.15, -0.1) is 0 Å². The van der Waals surface area contributed by atoms with Gasteiger partial charge >= 0.3 is 0 Å². The number of nitrogens with zero attached hydrogens (tertiary/aromatic N) is 6. The number of rotatable bonds is 17. The first-order valence-corrected chi connectivity index (χ1v) is 31.7. The molecule has 0 saturated carbocycles. The molecule has 0 fully saturated rings. The van der Waals surface area contributed by atoms with E-state index in [1.165, 1.54) is 75.3 Å². The number of benzene rings is 2. The molecule has 0 saturated heterocycles. The highest BCUT2D eigenvalue weighted by Gasteiger charge is 2.26. The van der Waals surface area contributed by atoms with Gasteiger partial charge in [0.2, 0.25) is 20.0 Å². The molecule has 2 aromatic heterocycles. The molecule has 0 aliphatic heterocycles. The number of hydrogen-bond donors (Lipinski definition) is 1. The number of aryl methyl sites for hydroxylation is 2. The zero-order valence-corrected chi connectivity index (χ0v) is 45.4. The lowest BCUT2D eigenvalue weighted by molar-refractivity contribution is 0.0784. The van der Waals surface area contributed by atoms with Crippen LogP contribution in [0.2, 0.25) is 71.7 Å². The van der Waals surface area contributed by atoms with E-state index in [0.717, 1.165) is 30.5 Å². The molecule has 342 valence electrons. The van der Waals surface area contributed by atoms with E-state index in [1.54, 1.807) is 11.6 Å². The van der Waals surface area contributed by atoms with Crippen LogP contribution in [0.25, 0.3) is 0 Å². The molecule has 1 atom stereocenters. The Morgan fingerprint density at radius 2 is 1.16 bits per heavy atom. The fourth-order valence-electron chi connectivity index (χ4n) is 4.90. The molecule has 0 radical (unpaired) electrons. The van der Waals surface area contributed by atoms with Crippen molar-refractivity contribution in [3.8, 4) is 0 Å². The van der Waals surface area contributed by atoms with Gasteiger partial charge in [0, 0.05) is 68.7 Å². The van der Waals surface area contributed by atoms with Gasteiger partial charge in [0.1, 0.15) is 45.9 Å². The van der Waals surface area contributed by atoms with Crippen LogP contribution in [0.5, 0.6) is 0 Å². The summed E-state index contributed by atoms with van der Waals surface area (Å²) in [6, 6.07) is 10.6. The molecule has 4 rings (SSSR count). The summed E-state index contributed by atoms with van der Waals surface area (Å²) in [6.07, 6.45) is -0.500. The molecule has 14 nitrogen and oxygen atoms in total. The van der Waals surface area contributed by atoms with Crippen LogP contribution in [0.4, 0.5) is 0 Å². The van der Waals surface area contributed by atoms with Crippen molar-refractivity contribution in [1.29, 1.82) is 0 Å². The number of halogens is 5. The van der Waals surface area contributed by atoms with E-state index in [0.29, 0.717) is 47.2 Å². The van der Waals surface area contributed by atoms with E-state index >= 15 is 0 Å². The maximum absolute atomic E-state index is 12.3. The van der Waals surface area contributed by atoms with E-state index in [4.69, 9.17) is 55.9 Å². The molecule has 0 aliphatic rings. The molecule has 0 aliphatic carbocycles. The van der Waals surface area contributed by atoms with Crippen LogP contribution >= 0.6 is 69.0 Å². The first kappa shape index (κ1) is 55.7. The standard InChI is InChI=1S/C19H29Cl2N3O4SSi.C10H18ClIN2OSi.C9H10ClNO3S/c1-13-17(19(21)24(22-13)12-28-9-10-30(4,5)6)18(25)14-7-8-16(15(20)11-14)29(26,27)23(2)3;1-8-9(12)10(11)14(13-8)7-15-5-6-16(2,3)4;1-11(2)15(13,14)9-4-3-7(6-12)5-8(9)10/h7-8,11,18,25H,9-10,12H2,1-6H3;5-7H2,1-4H3;3-6H,1-2H3. The topological polar surface area (TPSA) is 166 Å². The number of carbonyl (C=O) groups is 1. The lowest BCUT2D eigenvalue weighted by Crippen LogP contribution is -2.22. The normalized spacial score (nSPS) is 12.9. The van der Waals surface area contributed by atoms with E-state index in [9.17, 15) is 26.7 Å². The second kappa shape index (κ2) is 23.7. The van der Waals surface area contributed by atoms with Crippen LogP contribution in [0.15, 0.2) is 46.2 Å². The van der Waals surface area contributed by atoms with Crippen molar-refractivity contribution in [1.82, 2.24) is 28.2 Å². The number of aldehydes is 1. The summed E-state index contributed by atoms with van der Waals surface area (Å²) < 4.78 is 65.7. The van der Waals surface area contributed by atoms with Gasteiger partial charge in [0.05, 0.1) is 25.0 Å². The van der Waals surface area contributed by atoms with Gasteiger partial charge in [-0.05, 0) is 78.4 Å². The van der Waals surface area contributed by atoms with Gasteiger partial charge in [-0.3, -0.25) is 4.79 Å². The molecule has 0 bridgehead atoms. The molecule has 2 heterocycles. The maximum Gasteiger partial charge on any atom is 0.244 e. The fraction of sp³-hybridized carbons (Fsp3) is 0.500. The molecular weight excluding hydrogens is 1060 g/mol. The number of ether oxygens (including phenoxy) is 2. The molecule has 1 N–H and O–H groups in total. The minimum absolute atomic E-state index is 0.000216. The van der Waals surface area contributed by atoms with Crippen molar-refractivity contribution in [2.24, 2.45) is 0 Å². The van der Waals surface area contributed by atoms with E-state index < -0.39 is 42.3 Å². The Kier molecular flexibility index (Phi) is 21.6. The first-order valence-electron chi connectivity index (χ1n) is 18.8. The fourth-order valence-corrected chi connectivity index (χ4v) is 10.2.